The number of benzene rings is 1. The Morgan fingerprint density at radius 1 is 1.43 bits per heavy atom. The van der Waals surface area contributed by atoms with Gasteiger partial charge >= 0.3 is 0 Å². The molecule has 0 bridgehead atoms. The Labute approximate surface area is 122 Å². The molecule has 0 aliphatic heterocycles. The average molecular weight is 289 g/mol. The number of hydrogen-bond acceptors (Lipinski definition) is 4. The Bertz CT molecular complexity index is 681. The number of carbonyl (C=O) groups is 1. The molecule has 0 radical (unpaired) electrons. The van der Waals surface area contributed by atoms with Gasteiger partial charge in [0.2, 0.25) is 5.91 Å². The van der Waals surface area contributed by atoms with Crippen molar-refractivity contribution in [2.75, 3.05) is 6.54 Å². The normalized spacial score (nSPS) is 12.3. The predicted octanol–water partition coefficient (Wildman–Crippen LogP) is 0.674. The van der Waals surface area contributed by atoms with Crippen LogP contribution in [0.3, 0.4) is 0 Å². The number of amides is 1. The van der Waals surface area contributed by atoms with Gasteiger partial charge in [0, 0.05) is 11.9 Å². The molecule has 0 aliphatic rings. The van der Waals surface area contributed by atoms with Crippen LogP contribution in [0.15, 0.2) is 35.3 Å². The number of rotatable bonds is 6. The number of aromatic nitrogens is 2. The maximum atomic E-state index is 12.2. The monoisotopic (exact) mass is 289 g/mol. The van der Waals surface area contributed by atoms with E-state index in [1.807, 2.05) is 13.0 Å². The molecule has 0 spiro atoms. The van der Waals surface area contributed by atoms with Crippen LogP contribution in [0.25, 0.3) is 10.8 Å². The van der Waals surface area contributed by atoms with Crippen molar-refractivity contribution in [1.29, 1.82) is 0 Å². The lowest BCUT2D eigenvalue weighted by molar-refractivity contribution is -0.122. The van der Waals surface area contributed by atoms with Crippen LogP contribution >= 0.6 is 0 Å². The van der Waals surface area contributed by atoms with Crippen molar-refractivity contribution >= 4 is 16.7 Å². The molecule has 1 heterocycles. The van der Waals surface area contributed by atoms with E-state index in [0.717, 1.165) is 16.5 Å². The molecule has 112 valence electrons. The second kappa shape index (κ2) is 6.99. The van der Waals surface area contributed by atoms with Gasteiger partial charge in [-0.05, 0) is 12.5 Å². The van der Waals surface area contributed by atoms with E-state index in [4.69, 9.17) is 0 Å². The zero-order valence-corrected chi connectivity index (χ0v) is 12.0. The quantitative estimate of drug-likeness (QED) is 0.819. The third-order valence-electron chi connectivity index (χ3n) is 3.21. The van der Waals surface area contributed by atoms with Crippen molar-refractivity contribution in [2.45, 2.75) is 32.4 Å². The van der Waals surface area contributed by atoms with Gasteiger partial charge in [-0.1, -0.05) is 31.5 Å². The molecule has 1 amide bonds. The fourth-order valence-electron chi connectivity index (χ4n) is 2.10. The van der Waals surface area contributed by atoms with Crippen molar-refractivity contribution in [2.24, 2.45) is 0 Å². The highest BCUT2D eigenvalue weighted by atomic mass is 16.3. The van der Waals surface area contributed by atoms with E-state index in [1.54, 1.807) is 24.4 Å². The lowest BCUT2D eigenvalue weighted by Gasteiger charge is -2.11. The van der Waals surface area contributed by atoms with Gasteiger partial charge in [0.15, 0.2) is 0 Å². The first kappa shape index (κ1) is 15.2. The molecule has 0 saturated carbocycles. The molecule has 2 N–H and O–H groups in total. The summed E-state index contributed by atoms with van der Waals surface area (Å²) in [5.74, 6) is -0.338. The summed E-state index contributed by atoms with van der Waals surface area (Å²) in [5.41, 5.74) is -0.294. The highest BCUT2D eigenvalue weighted by Gasteiger charge is 2.10. The van der Waals surface area contributed by atoms with Crippen LogP contribution in [-0.2, 0) is 11.3 Å². The van der Waals surface area contributed by atoms with Crippen LogP contribution in [0, 0.1) is 0 Å². The Balaban J connectivity index is 2.04. The summed E-state index contributed by atoms with van der Waals surface area (Å²) in [5, 5.41) is 17.4. The van der Waals surface area contributed by atoms with Gasteiger partial charge in [-0.15, -0.1) is 0 Å². The SMILES string of the molecule is CCCC(O)CNC(=O)Cn1ncc2ccccc2c1=O. The third-order valence-corrected chi connectivity index (χ3v) is 3.21. The minimum Gasteiger partial charge on any atom is -0.391 e. The molecule has 6 heteroatoms. The largest absolute Gasteiger partial charge is 0.391 e. The zero-order chi connectivity index (χ0) is 15.2. The smallest absolute Gasteiger partial charge is 0.275 e. The van der Waals surface area contributed by atoms with Crippen molar-refractivity contribution in [3.63, 3.8) is 0 Å². The van der Waals surface area contributed by atoms with E-state index in [1.165, 1.54) is 0 Å². The molecule has 6 nitrogen and oxygen atoms in total. The molecule has 0 fully saturated rings. The average Bonchev–Trinajstić information content (AvgIpc) is 2.49. The number of nitrogens with zero attached hydrogens (tertiary/aromatic N) is 2. The van der Waals surface area contributed by atoms with E-state index in [9.17, 15) is 14.7 Å². The first-order chi connectivity index (χ1) is 10.1. The second-order valence-electron chi connectivity index (χ2n) is 4.94. The summed E-state index contributed by atoms with van der Waals surface area (Å²) in [6.07, 6.45) is 2.49. The van der Waals surface area contributed by atoms with Crippen LogP contribution in [0.5, 0.6) is 0 Å². The molecule has 1 aromatic carbocycles. The van der Waals surface area contributed by atoms with E-state index in [2.05, 4.69) is 10.4 Å². The zero-order valence-electron chi connectivity index (χ0n) is 12.0. The number of aliphatic hydroxyl groups excluding tert-OH is 1. The third kappa shape index (κ3) is 3.88. The molecule has 0 saturated heterocycles. The van der Waals surface area contributed by atoms with Crippen molar-refractivity contribution in [3.05, 3.63) is 40.8 Å². The van der Waals surface area contributed by atoms with Crippen LogP contribution in [-0.4, -0.2) is 33.4 Å². The molecule has 1 atom stereocenters. The minimum absolute atomic E-state index is 0.150. The van der Waals surface area contributed by atoms with E-state index >= 15 is 0 Å². The van der Waals surface area contributed by atoms with Gasteiger partial charge in [-0.25, -0.2) is 4.68 Å². The lowest BCUT2D eigenvalue weighted by Crippen LogP contribution is -2.37. The fourth-order valence-corrected chi connectivity index (χ4v) is 2.10. The molecule has 1 unspecified atom stereocenters. The summed E-state index contributed by atoms with van der Waals surface area (Å²) in [6, 6.07) is 7.11. The number of carbonyl (C=O) groups excluding carboxylic acids is 1. The van der Waals surface area contributed by atoms with Crippen molar-refractivity contribution in [1.82, 2.24) is 15.1 Å². The van der Waals surface area contributed by atoms with Gasteiger partial charge in [-0.2, -0.15) is 5.10 Å². The fraction of sp³-hybridized carbons (Fsp3) is 0.400. The van der Waals surface area contributed by atoms with E-state index in [0.29, 0.717) is 11.8 Å². The summed E-state index contributed by atoms with van der Waals surface area (Å²) < 4.78 is 1.13. The topological polar surface area (TPSA) is 84.2 Å². The molecular formula is C15H19N3O3. The molecule has 2 aromatic rings. The Morgan fingerprint density at radius 3 is 2.95 bits per heavy atom. The van der Waals surface area contributed by atoms with E-state index < -0.39 is 6.10 Å². The van der Waals surface area contributed by atoms with Crippen LogP contribution in [0.2, 0.25) is 0 Å². The van der Waals surface area contributed by atoms with Gasteiger partial charge in [0.1, 0.15) is 6.54 Å². The van der Waals surface area contributed by atoms with Gasteiger partial charge in [0.05, 0.1) is 17.7 Å². The summed E-state index contributed by atoms with van der Waals surface area (Å²) in [6.45, 7) is 2.00. The first-order valence-corrected chi connectivity index (χ1v) is 7.01. The summed E-state index contributed by atoms with van der Waals surface area (Å²) >= 11 is 0. The Kier molecular flexibility index (Phi) is 5.05. The molecule has 0 aliphatic carbocycles. The van der Waals surface area contributed by atoms with E-state index in [-0.39, 0.29) is 24.6 Å². The second-order valence-corrected chi connectivity index (χ2v) is 4.94. The summed E-state index contributed by atoms with van der Waals surface area (Å²) in [4.78, 5) is 24.0. The molecule has 2 rings (SSSR count). The van der Waals surface area contributed by atoms with Crippen LogP contribution in [0.4, 0.5) is 0 Å². The standard InChI is InChI=1S/C15H19N3O3/c1-2-5-12(19)9-16-14(20)10-18-15(21)13-7-4-3-6-11(13)8-17-18/h3-4,6-8,12,19H,2,5,9-10H2,1H3,(H,16,20). The van der Waals surface area contributed by atoms with Crippen molar-refractivity contribution < 1.29 is 9.90 Å². The highest BCUT2D eigenvalue weighted by molar-refractivity contribution is 5.81. The van der Waals surface area contributed by atoms with Crippen molar-refractivity contribution in [3.8, 4) is 0 Å². The number of aliphatic hydroxyl groups is 1. The Hall–Kier alpha value is -2.21. The first-order valence-electron chi connectivity index (χ1n) is 7.01. The summed E-state index contributed by atoms with van der Waals surface area (Å²) in [7, 11) is 0. The van der Waals surface area contributed by atoms with Gasteiger partial charge < -0.3 is 10.4 Å². The highest BCUT2D eigenvalue weighted by Crippen LogP contribution is 2.06. The molecule has 21 heavy (non-hydrogen) atoms. The maximum Gasteiger partial charge on any atom is 0.275 e. The Morgan fingerprint density at radius 2 is 2.19 bits per heavy atom. The molecular weight excluding hydrogens is 270 g/mol. The molecule has 1 aromatic heterocycles. The predicted molar refractivity (Wildman–Crippen MR) is 79.9 cm³/mol. The number of fused-ring (bicyclic) bond motifs is 1. The van der Waals surface area contributed by atoms with Gasteiger partial charge in [0.25, 0.3) is 5.56 Å². The lowest BCUT2D eigenvalue weighted by atomic mass is 10.2. The van der Waals surface area contributed by atoms with Crippen LogP contribution in [0.1, 0.15) is 19.8 Å². The minimum atomic E-state index is -0.555. The number of hydrogen-bond donors (Lipinski definition) is 2. The maximum absolute atomic E-state index is 12.2. The van der Waals surface area contributed by atoms with Gasteiger partial charge in [-0.3, -0.25) is 9.59 Å². The van der Waals surface area contributed by atoms with Crippen LogP contribution < -0.4 is 10.9 Å². The number of nitrogens with one attached hydrogen (secondary N) is 1.